The number of carbonyl (C=O) groups is 2. The molecule has 39 heavy (non-hydrogen) atoms. The highest BCUT2D eigenvalue weighted by Crippen LogP contribution is 2.41. The van der Waals surface area contributed by atoms with E-state index in [9.17, 15) is 14.4 Å². The van der Waals surface area contributed by atoms with Crippen molar-refractivity contribution in [3.05, 3.63) is 92.7 Å². The molecule has 2 heterocycles. The molecule has 2 N–H and O–H groups in total. The van der Waals surface area contributed by atoms with Gasteiger partial charge in [0, 0.05) is 20.1 Å². The van der Waals surface area contributed by atoms with Crippen LogP contribution in [0.25, 0.3) is 17.5 Å². The van der Waals surface area contributed by atoms with Gasteiger partial charge in [-0.15, -0.1) is 11.3 Å². The number of unbranched alkanes of at least 4 members (excludes halogenated alkanes) is 1. The summed E-state index contributed by atoms with van der Waals surface area (Å²) in [4.78, 5) is 40.4. The zero-order chi connectivity index (χ0) is 28.4. The first kappa shape index (κ1) is 29.2. The second-order valence-corrected chi connectivity index (χ2v) is 11.2. The van der Waals surface area contributed by atoms with Crippen molar-refractivity contribution >= 4 is 87.1 Å². The van der Waals surface area contributed by atoms with E-state index < -0.39 is 23.4 Å². The molecule has 204 valence electrons. The average Bonchev–Trinajstić information content (AvgIpc) is 3.21. The van der Waals surface area contributed by atoms with Gasteiger partial charge in [-0.1, -0.05) is 71.9 Å². The summed E-state index contributed by atoms with van der Waals surface area (Å²) in [5.41, 5.74) is 6.75. The van der Waals surface area contributed by atoms with Gasteiger partial charge in [0.05, 0.1) is 35.3 Å². The van der Waals surface area contributed by atoms with E-state index in [1.54, 1.807) is 36.4 Å². The van der Waals surface area contributed by atoms with E-state index in [1.807, 2.05) is 6.92 Å². The number of fused-ring (bicyclic) bond motifs is 1. The molecule has 3 aromatic rings. The number of nitrogens with two attached hydrogens (primary N) is 1. The molecule has 4 rings (SSSR count). The number of esters is 2. The van der Waals surface area contributed by atoms with Gasteiger partial charge in [-0.05, 0) is 47.9 Å². The lowest BCUT2D eigenvalue weighted by molar-refractivity contribution is -0.139. The van der Waals surface area contributed by atoms with Crippen LogP contribution in [0.1, 0.15) is 36.8 Å². The van der Waals surface area contributed by atoms with Crippen molar-refractivity contribution in [2.75, 3.05) is 13.7 Å². The van der Waals surface area contributed by atoms with Crippen molar-refractivity contribution in [1.82, 2.24) is 4.57 Å². The highest BCUT2D eigenvalue weighted by atomic mass is 35.5. The van der Waals surface area contributed by atoms with E-state index in [0.29, 0.717) is 32.6 Å². The number of ether oxygens (including phenoxy) is 2. The summed E-state index contributed by atoms with van der Waals surface area (Å²) < 4.78 is 12.1. The highest BCUT2D eigenvalue weighted by molar-refractivity contribution is 7.07. The number of carbonyl (C=O) groups excluding carboxylic acids is 2. The number of aromatic nitrogens is 1. The van der Waals surface area contributed by atoms with E-state index in [0.717, 1.165) is 22.3 Å². The van der Waals surface area contributed by atoms with Crippen LogP contribution in [0, 0.1) is 0 Å². The van der Waals surface area contributed by atoms with Crippen LogP contribution in [0.15, 0.2) is 46.8 Å². The van der Waals surface area contributed by atoms with Gasteiger partial charge in [0.1, 0.15) is 10.5 Å². The molecule has 7 nitrogen and oxygen atoms in total. The summed E-state index contributed by atoms with van der Waals surface area (Å²) in [6, 6.07) is 9.49. The third-order valence-electron chi connectivity index (χ3n) is 6.03. The van der Waals surface area contributed by atoms with E-state index in [-0.39, 0.29) is 37.8 Å². The minimum atomic E-state index is -1.10. The summed E-state index contributed by atoms with van der Waals surface area (Å²) in [5, 5.41) is 1.30. The monoisotopic (exact) mass is 626 g/mol. The van der Waals surface area contributed by atoms with Crippen LogP contribution in [0.2, 0.25) is 20.1 Å². The minimum Gasteiger partial charge on any atom is -0.466 e. The number of methoxy groups -OCH3 is 1. The lowest BCUT2D eigenvalue weighted by Gasteiger charge is -2.27. The Morgan fingerprint density at radius 3 is 2.31 bits per heavy atom. The smallest absolute Gasteiger partial charge is 0.338 e. The van der Waals surface area contributed by atoms with Crippen LogP contribution >= 0.6 is 57.7 Å². The van der Waals surface area contributed by atoms with Crippen LogP contribution in [-0.4, -0.2) is 30.2 Å². The van der Waals surface area contributed by atoms with Gasteiger partial charge in [0.15, 0.2) is 0 Å². The van der Waals surface area contributed by atoms with E-state index in [4.69, 9.17) is 61.6 Å². The summed E-state index contributed by atoms with van der Waals surface area (Å²) in [7, 11) is 1.20. The molecule has 0 saturated heterocycles. The van der Waals surface area contributed by atoms with E-state index in [1.165, 1.54) is 13.2 Å². The van der Waals surface area contributed by atoms with Gasteiger partial charge >= 0.3 is 11.9 Å². The summed E-state index contributed by atoms with van der Waals surface area (Å²) >= 11 is 26.0. The average molecular weight is 628 g/mol. The van der Waals surface area contributed by atoms with Gasteiger partial charge in [0.2, 0.25) is 0 Å². The fourth-order valence-electron chi connectivity index (χ4n) is 4.15. The topological polar surface area (TPSA) is 101 Å². The molecule has 0 amide bonds. The van der Waals surface area contributed by atoms with E-state index in [2.05, 4.69) is 0 Å². The lowest BCUT2D eigenvalue weighted by Crippen LogP contribution is -2.42. The Balaban J connectivity index is 2.09. The van der Waals surface area contributed by atoms with Gasteiger partial charge in [-0.25, -0.2) is 9.59 Å². The zero-order valence-corrected chi connectivity index (χ0v) is 24.6. The molecule has 1 aliphatic heterocycles. The summed E-state index contributed by atoms with van der Waals surface area (Å²) in [5.74, 6) is -2.84. The van der Waals surface area contributed by atoms with Gasteiger partial charge in [-0.3, -0.25) is 9.36 Å². The number of halogens is 4. The number of hydrogen-bond donors (Lipinski definition) is 1. The molecular weight excluding hydrogens is 606 g/mol. The van der Waals surface area contributed by atoms with Gasteiger partial charge in [-0.2, -0.15) is 0 Å². The van der Waals surface area contributed by atoms with Crippen molar-refractivity contribution in [3.63, 3.8) is 0 Å². The van der Waals surface area contributed by atoms with Crippen LogP contribution in [0.4, 0.5) is 0 Å². The third kappa shape index (κ3) is 5.76. The first-order valence-corrected chi connectivity index (χ1v) is 14.0. The first-order chi connectivity index (χ1) is 18.6. The molecule has 1 atom stereocenters. The molecule has 1 aliphatic rings. The Kier molecular flexibility index (Phi) is 9.14. The van der Waals surface area contributed by atoms with Crippen molar-refractivity contribution in [2.45, 2.75) is 25.7 Å². The van der Waals surface area contributed by atoms with Crippen LogP contribution < -0.4 is 20.5 Å². The predicted molar refractivity (Wildman–Crippen MR) is 156 cm³/mol. The maximum Gasteiger partial charge on any atom is 0.338 e. The molecule has 1 aromatic heterocycles. The lowest BCUT2D eigenvalue weighted by atomic mass is 9.83. The Morgan fingerprint density at radius 1 is 1.03 bits per heavy atom. The molecule has 2 aromatic carbocycles. The molecular formula is C27H22Cl4N2O5S. The predicted octanol–water partition coefficient (Wildman–Crippen LogP) is 4.94. The fourth-order valence-corrected chi connectivity index (χ4v) is 6.29. The zero-order valence-electron chi connectivity index (χ0n) is 20.7. The Bertz CT molecular complexity index is 1690. The van der Waals surface area contributed by atoms with Gasteiger partial charge in [0.25, 0.3) is 5.56 Å². The first-order valence-electron chi connectivity index (χ1n) is 11.7. The SMILES string of the molecule is CCCCOC(=O)C1=C(N)n2c(sc(=Cc3ccc(Cl)cc3Cl)c2=O)=C(C(=O)OC)C1c1ccc(Cl)cc1Cl. The van der Waals surface area contributed by atoms with Crippen molar-refractivity contribution in [1.29, 1.82) is 0 Å². The summed E-state index contributed by atoms with van der Waals surface area (Å²) in [6.07, 6.45) is 2.96. The van der Waals surface area contributed by atoms with Crippen LogP contribution in [0.3, 0.4) is 0 Å². The van der Waals surface area contributed by atoms with Crippen molar-refractivity contribution in [3.8, 4) is 0 Å². The number of benzene rings is 2. The molecule has 0 saturated carbocycles. The number of thiazole rings is 1. The van der Waals surface area contributed by atoms with Crippen molar-refractivity contribution in [2.24, 2.45) is 5.73 Å². The number of nitrogens with zero attached hydrogens (tertiary/aromatic N) is 1. The second-order valence-electron chi connectivity index (χ2n) is 8.51. The molecule has 12 heteroatoms. The van der Waals surface area contributed by atoms with Crippen molar-refractivity contribution < 1.29 is 19.1 Å². The normalized spacial score (nSPS) is 15.4. The maximum atomic E-state index is 13.6. The molecule has 0 radical (unpaired) electrons. The third-order valence-corrected chi connectivity index (χ3v) is 8.26. The Hall–Kier alpha value is -2.75. The second kappa shape index (κ2) is 12.2. The fraction of sp³-hybridized carbons (Fsp3) is 0.222. The maximum absolute atomic E-state index is 13.6. The van der Waals surface area contributed by atoms with E-state index >= 15 is 0 Å². The molecule has 1 unspecified atom stereocenters. The van der Waals surface area contributed by atoms with Gasteiger partial charge < -0.3 is 15.2 Å². The van der Waals surface area contributed by atoms with Crippen LogP contribution in [0.5, 0.6) is 0 Å². The summed E-state index contributed by atoms with van der Waals surface area (Å²) in [6.45, 7) is 2.07. The standard InChI is InChI=1S/C27H22Cl4N2O5S/c1-3-4-9-38-27(36)21-20(16-8-7-15(29)12-18(16)31)22(26(35)37-2)25-33(23(21)32)24(34)19(39-25)10-13-5-6-14(28)11-17(13)30/h5-8,10-12,20H,3-4,9,32H2,1-2H3. The molecule has 0 fully saturated rings. The molecule has 0 spiro atoms. The Labute approximate surface area is 247 Å². The number of hydrogen-bond acceptors (Lipinski definition) is 7. The Morgan fingerprint density at radius 2 is 1.69 bits per heavy atom. The molecule has 0 bridgehead atoms. The molecule has 0 aliphatic carbocycles. The largest absolute Gasteiger partial charge is 0.466 e. The quantitative estimate of drug-likeness (QED) is 0.294. The minimum absolute atomic E-state index is 0.00215. The number of rotatable bonds is 7. The highest BCUT2D eigenvalue weighted by Gasteiger charge is 2.40. The van der Waals surface area contributed by atoms with Crippen LogP contribution in [-0.2, 0) is 19.1 Å².